The minimum Gasteiger partial charge on any atom is -0.465 e. The third-order valence-electron chi connectivity index (χ3n) is 9.49. The molecule has 0 saturated carbocycles. The number of hydrogen-bond acceptors (Lipinski definition) is 10. The van der Waals surface area contributed by atoms with Gasteiger partial charge in [-0.2, -0.15) is 0 Å². The van der Waals surface area contributed by atoms with Gasteiger partial charge in [0, 0.05) is 32.6 Å². The fraction of sp³-hybridized carbons (Fsp3) is 0.844. The Kier molecular flexibility index (Phi) is 39.4. The van der Waals surface area contributed by atoms with Gasteiger partial charge in [-0.05, 0) is 65.0 Å². The van der Waals surface area contributed by atoms with Crippen LogP contribution in [0.25, 0.3) is 0 Å². The van der Waals surface area contributed by atoms with Crippen molar-refractivity contribution in [3.05, 3.63) is 24.3 Å². The van der Waals surface area contributed by atoms with Crippen molar-refractivity contribution in [1.29, 1.82) is 0 Å². The molecule has 2 atom stereocenters. The number of carbonyl (C=O) groups excluding carboxylic acids is 3. The van der Waals surface area contributed by atoms with Gasteiger partial charge >= 0.3 is 18.1 Å². The molecule has 0 spiro atoms. The summed E-state index contributed by atoms with van der Waals surface area (Å²) in [6.45, 7) is 14.6. The molecule has 322 valence electrons. The van der Waals surface area contributed by atoms with Gasteiger partial charge in [-0.25, -0.2) is 4.79 Å². The van der Waals surface area contributed by atoms with Crippen molar-refractivity contribution in [3.63, 3.8) is 0 Å². The SMILES string of the molecule is C/C=C\C/C=C\CCCCCCCC(=O)OCC(COC(=O)CCC(OCCCCCCC)OCCCCCCCC)COC(=O)OCCCN(CC)CC. The first kappa shape index (κ1) is 52.6. The Balaban J connectivity index is 4.88. The van der Waals surface area contributed by atoms with E-state index in [2.05, 4.69) is 56.9 Å². The summed E-state index contributed by atoms with van der Waals surface area (Å²) in [6, 6.07) is 0. The van der Waals surface area contributed by atoms with Crippen LogP contribution in [0.2, 0.25) is 0 Å². The van der Waals surface area contributed by atoms with E-state index in [9.17, 15) is 14.4 Å². The van der Waals surface area contributed by atoms with Crippen molar-refractivity contribution in [2.24, 2.45) is 5.92 Å². The largest absolute Gasteiger partial charge is 0.508 e. The molecule has 0 aromatic carbocycles. The van der Waals surface area contributed by atoms with Crippen LogP contribution in [0.4, 0.5) is 4.79 Å². The lowest BCUT2D eigenvalue weighted by Crippen LogP contribution is -2.28. The van der Waals surface area contributed by atoms with Crippen LogP contribution in [0.1, 0.15) is 176 Å². The zero-order valence-corrected chi connectivity index (χ0v) is 36.0. The highest BCUT2D eigenvalue weighted by atomic mass is 16.7. The minimum atomic E-state index is -0.785. The second-order valence-corrected chi connectivity index (χ2v) is 14.5. The van der Waals surface area contributed by atoms with E-state index in [-0.39, 0.29) is 38.8 Å². The summed E-state index contributed by atoms with van der Waals surface area (Å²) in [4.78, 5) is 40.0. The highest BCUT2D eigenvalue weighted by molar-refractivity contribution is 5.69. The molecule has 0 saturated heterocycles. The molecule has 0 heterocycles. The molecule has 55 heavy (non-hydrogen) atoms. The summed E-state index contributed by atoms with van der Waals surface area (Å²) in [7, 11) is 0. The quantitative estimate of drug-likeness (QED) is 0.0196. The topological polar surface area (TPSA) is 110 Å². The smallest absolute Gasteiger partial charge is 0.465 e. The number of unbranched alkanes of at least 4 members (excludes halogenated alkanes) is 14. The van der Waals surface area contributed by atoms with E-state index in [4.69, 9.17) is 28.4 Å². The number of rotatable bonds is 40. The standard InChI is InChI=1S/C45H83NO9/c1-6-11-14-17-19-20-21-22-23-24-27-31-42(47)53-38-41(40-55-45(49)52-37-30-34-46(9-4)10-5)39-54-43(48)32-33-44(50-35-28-25-16-13-8-3)51-36-29-26-18-15-12-7-2/h6,11,17,19,41,44H,7-10,12-16,18,20-40H2,1-5H3/b11-6-,19-17-. The van der Waals surface area contributed by atoms with Crippen LogP contribution in [0.15, 0.2) is 24.3 Å². The Morgan fingerprint density at radius 3 is 1.69 bits per heavy atom. The fourth-order valence-electron chi connectivity index (χ4n) is 5.88. The van der Waals surface area contributed by atoms with Crippen LogP contribution >= 0.6 is 0 Å². The third-order valence-corrected chi connectivity index (χ3v) is 9.49. The predicted molar refractivity (Wildman–Crippen MR) is 223 cm³/mol. The van der Waals surface area contributed by atoms with Crippen LogP contribution in [0.3, 0.4) is 0 Å². The van der Waals surface area contributed by atoms with Gasteiger partial charge in [0.05, 0.1) is 18.9 Å². The van der Waals surface area contributed by atoms with E-state index < -0.39 is 24.3 Å². The molecule has 0 radical (unpaired) electrons. The van der Waals surface area contributed by atoms with Crippen molar-refractivity contribution in [1.82, 2.24) is 4.90 Å². The molecule has 0 aromatic heterocycles. The highest BCUT2D eigenvalue weighted by Crippen LogP contribution is 2.13. The Bertz CT molecular complexity index is 937. The van der Waals surface area contributed by atoms with Crippen molar-refractivity contribution < 1.29 is 42.8 Å². The van der Waals surface area contributed by atoms with Gasteiger partial charge in [-0.1, -0.05) is 129 Å². The number of ether oxygens (including phenoxy) is 6. The second-order valence-electron chi connectivity index (χ2n) is 14.5. The lowest BCUT2D eigenvalue weighted by Gasteiger charge is -2.20. The van der Waals surface area contributed by atoms with Crippen molar-refractivity contribution in [2.45, 2.75) is 182 Å². The third kappa shape index (κ3) is 36.9. The van der Waals surface area contributed by atoms with E-state index in [0.717, 1.165) is 90.3 Å². The molecule has 0 aromatic rings. The molecule has 10 nitrogen and oxygen atoms in total. The number of carbonyl (C=O) groups is 3. The normalized spacial score (nSPS) is 12.8. The maximum absolute atomic E-state index is 12.9. The van der Waals surface area contributed by atoms with Crippen molar-refractivity contribution in [2.75, 3.05) is 59.3 Å². The van der Waals surface area contributed by atoms with Crippen LogP contribution in [-0.4, -0.2) is 88.6 Å². The van der Waals surface area contributed by atoms with E-state index in [1.54, 1.807) is 0 Å². The minimum absolute atomic E-state index is 0.0218. The van der Waals surface area contributed by atoms with Crippen LogP contribution < -0.4 is 0 Å². The first-order valence-electron chi connectivity index (χ1n) is 22.2. The highest BCUT2D eigenvalue weighted by Gasteiger charge is 2.20. The van der Waals surface area contributed by atoms with E-state index in [1.165, 1.54) is 44.9 Å². The number of allylic oxidation sites excluding steroid dienone is 4. The Morgan fingerprint density at radius 1 is 0.545 bits per heavy atom. The maximum Gasteiger partial charge on any atom is 0.508 e. The van der Waals surface area contributed by atoms with Gasteiger partial charge in [-0.15, -0.1) is 0 Å². The molecule has 0 N–H and O–H groups in total. The maximum atomic E-state index is 12.9. The lowest BCUT2D eigenvalue weighted by atomic mass is 10.1. The summed E-state index contributed by atoms with van der Waals surface area (Å²) < 4.78 is 33.9. The predicted octanol–water partition coefficient (Wildman–Crippen LogP) is 11.3. The summed E-state index contributed by atoms with van der Waals surface area (Å²) in [6.07, 6.45) is 28.8. The van der Waals surface area contributed by atoms with Gasteiger partial charge in [0.2, 0.25) is 0 Å². The summed E-state index contributed by atoms with van der Waals surface area (Å²) in [5, 5.41) is 0. The van der Waals surface area contributed by atoms with Gasteiger partial charge in [0.25, 0.3) is 0 Å². The molecule has 10 heteroatoms. The second kappa shape index (κ2) is 41.2. The Labute approximate surface area is 336 Å². The van der Waals surface area contributed by atoms with Crippen molar-refractivity contribution >= 4 is 18.1 Å². The van der Waals surface area contributed by atoms with Crippen molar-refractivity contribution in [3.8, 4) is 0 Å². The number of esters is 2. The number of nitrogens with zero attached hydrogens (tertiary/aromatic N) is 1. The van der Waals surface area contributed by atoms with E-state index >= 15 is 0 Å². The Morgan fingerprint density at radius 2 is 1.09 bits per heavy atom. The first-order chi connectivity index (χ1) is 26.9. The number of hydrogen-bond donors (Lipinski definition) is 0. The average molecular weight is 782 g/mol. The molecule has 0 amide bonds. The van der Waals surface area contributed by atoms with E-state index in [1.807, 2.05) is 6.92 Å². The lowest BCUT2D eigenvalue weighted by molar-refractivity contribution is -0.161. The zero-order valence-electron chi connectivity index (χ0n) is 36.0. The molecular formula is C45H83NO9. The molecule has 0 fully saturated rings. The molecule has 0 aliphatic carbocycles. The fourth-order valence-corrected chi connectivity index (χ4v) is 5.88. The van der Waals surface area contributed by atoms with Crippen LogP contribution in [-0.2, 0) is 38.0 Å². The average Bonchev–Trinajstić information content (AvgIpc) is 3.19. The summed E-state index contributed by atoms with van der Waals surface area (Å²) >= 11 is 0. The molecule has 0 bridgehead atoms. The molecule has 0 aliphatic heterocycles. The summed E-state index contributed by atoms with van der Waals surface area (Å²) in [5.74, 6) is -1.22. The summed E-state index contributed by atoms with van der Waals surface area (Å²) in [5.41, 5.74) is 0. The first-order valence-corrected chi connectivity index (χ1v) is 22.2. The van der Waals surface area contributed by atoms with Gasteiger partial charge < -0.3 is 33.3 Å². The Hall–Kier alpha value is -2.43. The van der Waals surface area contributed by atoms with Gasteiger partial charge in [0.15, 0.2) is 6.29 Å². The monoisotopic (exact) mass is 782 g/mol. The van der Waals surface area contributed by atoms with Gasteiger partial charge in [0.1, 0.15) is 19.8 Å². The zero-order chi connectivity index (χ0) is 40.5. The molecular weight excluding hydrogens is 698 g/mol. The molecule has 0 aliphatic rings. The molecule has 0 rings (SSSR count). The van der Waals surface area contributed by atoms with Crippen LogP contribution in [0.5, 0.6) is 0 Å². The van der Waals surface area contributed by atoms with Gasteiger partial charge in [-0.3, -0.25) is 9.59 Å². The van der Waals surface area contributed by atoms with Crippen LogP contribution in [0, 0.1) is 5.92 Å². The molecule has 2 unspecified atom stereocenters. The van der Waals surface area contributed by atoms with E-state index in [0.29, 0.717) is 32.5 Å².